The van der Waals surface area contributed by atoms with Crippen LogP contribution in [0, 0.1) is 11.6 Å². The highest BCUT2D eigenvalue weighted by Gasteiger charge is 2.15. The van der Waals surface area contributed by atoms with Gasteiger partial charge in [0.1, 0.15) is 11.6 Å². The zero-order valence-electron chi connectivity index (χ0n) is 10.1. The Balaban J connectivity index is 1.86. The van der Waals surface area contributed by atoms with Crippen molar-refractivity contribution in [3.63, 3.8) is 0 Å². The lowest BCUT2D eigenvalue weighted by Gasteiger charge is -2.01. The maximum atomic E-state index is 13.7. The number of hydrogen-bond donors (Lipinski definition) is 2. The van der Waals surface area contributed by atoms with E-state index in [0.29, 0.717) is 0 Å². The van der Waals surface area contributed by atoms with Gasteiger partial charge < -0.3 is 5.32 Å². The molecule has 20 heavy (non-hydrogen) atoms. The Labute approximate surface area is 116 Å². The Bertz CT molecular complexity index is 767. The molecule has 3 rings (SSSR count). The van der Waals surface area contributed by atoms with Crippen molar-refractivity contribution in [2.45, 2.75) is 6.42 Å². The maximum absolute atomic E-state index is 13.7. The average molecular weight is 293 g/mol. The fourth-order valence-electron chi connectivity index (χ4n) is 1.91. The number of hydrogen-bond acceptors (Lipinski definition) is 3. The Morgan fingerprint density at radius 2 is 2.25 bits per heavy atom. The molecular formula is C13H9F2N3OS. The minimum Gasteiger partial charge on any atom is -0.308 e. The SMILES string of the molecule is O=C(Cc1cccs1)Nc1n[nH]c2cc(F)cc(F)c12. The van der Waals surface area contributed by atoms with Crippen molar-refractivity contribution in [1.29, 1.82) is 0 Å². The van der Waals surface area contributed by atoms with E-state index < -0.39 is 11.6 Å². The van der Waals surface area contributed by atoms with Gasteiger partial charge in [0.05, 0.1) is 17.3 Å². The van der Waals surface area contributed by atoms with E-state index in [4.69, 9.17) is 0 Å². The van der Waals surface area contributed by atoms with Gasteiger partial charge in [0.2, 0.25) is 5.91 Å². The molecule has 2 aromatic heterocycles. The van der Waals surface area contributed by atoms with Gasteiger partial charge >= 0.3 is 0 Å². The van der Waals surface area contributed by atoms with Crippen LogP contribution in [0.15, 0.2) is 29.6 Å². The van der Waals surface area contributed by atoms with Gasteiger partial charge in [0, 0.05) is 10.9 Å². The summed E-state index contributed by atoms with van der Waals surface area (Å²) < 4.78 is 26.8. The van der Waals surface area contributed by atoms with Crippen molar-refractivity contribution in [3.8, 4) is 0 Å². The molecule has 0 saturated carbocycles. The van der Waals surface area contributed by atoms with Gasteiger partial charge in [-0.2, -0.15) is 5.10 Å². The molecule has 0 aliphatic heterocycles. The minimum absolute atomic E-state index is 0.0686. The highest BCUT2D eigenvalue weighted by atomic mass is 32.1. The van der Waals surface area contributed by atoms with Gasteiger partial charge in [-0.1, -0.05) is 6.07 Å². The summed E-state index contributed by atoms with van der Waals surface area (Å²) in [6, 6.07) is 5.57. The Morgan fingerprint density at radius 3 is 3.00 bits per heavy atom. The molecule has 0 aliphatic carbocycles. The molecule has 0 fully saturated rings. The molecule has 1 aromatic carbocycles. The van der Waals surface area contributed by atoms with E-state index >= 15 is 0 Å². The number of aromatic amines is 1. The monoisotopic (exact) mass is 293 g/mol. The standard InChI is InChI=1S/C13H9F2N3OS/c14-7-4-9(15)12-10(5-7)17-18-13(12)16-11(19)6-8-2-1-3-20-8/h1-5H,6H2,(H2,16,17,18,19). The van der Waals surface area contributed by atoms with Gasteiger partial charge in [-0.05, 0) is 17.5 Å². The predicted octanol–water partition coefficient (Wildman–Crippen LogP) is 3.08. The molecule has 0 spiro atoms. The lowest BCUT2D eigenvalue weighted by atomic mass is 10.2. The second-order valence-corrected chi connectivity index (χ2v) is 5.22. The van der Waals surface area contributed by atoms with Crippen molar-refractivity contribution in [3.05, 3.63) is 46.2 Å². The van der Waals surface area contributed by atoms with Crippen LogP contribution in [0.4, 0.5) is 14.6 Å². The molecular weight excluding hydrogens is 284 g/mol. The van der Waals surface area contributed by atoms with Crippen LogP contribution < -0.4 is 5.32 Å². The number of nitrogens with zero attached hydrogens (tertiary/aromatic N) is 1. The lowest BCUT2D eigenvalue weighted by Crippen LogP contribution is -2.14. The van der Waals surface area contributed by atoms with E-state index in [2.05, 4.69) is 15.5 Å². The third kappa shape index (κ3) is 2.39. The fourth-order valence-corrected chi connectivity index (χ4v) is 2.62. The number of rotatable bonds is 3. The minimum atomic E-state index is -0.764. The molecule has 4 nitrogen and oxygen atoms in total. The molecule has 0 bridgehead atoms. The number of anilines is 1. The highest BCUT2D eigenvalue weighted by molar-refractivity contribution is 7.10. The van der Waals surface area contributed by atoms with Crippen LogP contribution in [-0.2, 0) is 11.2 Å². The summed E-state index contributed by atoms with van der Waals surface area (Å²) in [5, 5.41) is 10.8. The molecule has 0 unspecified atom stereocenters. The second kappa shape index (κ2) is 5.01. The number of fused-ring (bicyclic) bond motifs is 1. The first-order valence-corrected chi connectivity index (χ1v) is 6.67. The quantitative estimate of drug-likeness (QED) is 0.779. The van der Waals surface area contributed by atoms with Crippen molar-refractivity contribution in [2.24, 2.45) is 0 Å². The van der Waals surface area contributed by atoms with E-state index in [1.165, 1.54) is 11.3 Å². The van der Waals surface area contributed by atoms with Crippen LogP contribution in [0.3, 0.4) is 0 Å². The lowest BCUT2D eigenvalue weighted by molar-refractivity contribution is -0.115. The molecule has 3 aromatic rings. The summed E-state index contributed by atoms with van der Waals surface area (Å²) in [7, 11) is 0. The van der Waals surface area contributed by atoms with Crippen LogP contribution in [-0.4, -0.2) is 16.1 Å². The van der Waals surface area contributed by atoms with Crippen LogP contribution in [0.1, 0.15) is 4.88 Å². The summed E-state index contributed by atoms with van der Waals surface area (Å²) in [6.45, 7) is 0. The third-order valence-electron chi connectivity index (χ3n) is 2.75. The van der Waals surface area contributed by atoms with Crippen molar-refractivity contribution >= 4 is 34.0 Å². The molecule has 0 atom stereocenters. The smallest absolute Gasteiger partial charge is 0.230 e. The molecule has 2 N–H and O–H groups in total. The maximum Gasteiger partial charge on any atom is 0.230 e. The molecule has 1 amide bonds. The molecule has 0 aliphatic rings. The zero-order chi connectivity index (χ0) is 14.1. The van der Waals surface area contributed by atoms with Crippen molar-refractivity contribution in [1.82, 2.24) is 10.2 Å². The van der Waals surface area contributed by atoms with E-state index in [9.17, 15) is 13.6 Å². The summed E-state index contributed by atoms with van der Waals surface area (Å²) in [5.41, 5.74) is 0.203. The Hall–Kier alpha value is -2.28. The zero-order valence-corrected chi connectivity index (χ0v) is 10.9. The summed E-state index contributed by atoms with van der Waals surface area (Å²) >= 11 is 1.46. The number of halogens is 2. The van der Waals surface area contributed by atoms with Crippen molar-refractivity contribution in [2.75, 3.05) is 5.32 Å². The van der Waals surface area contributed by atoms with Crippen molar-refractivity contribution < 1.29 is 13.6 Å². The summed E-state index contributed by atoms with van der Waals surface area (Å²) in [6.07, 6.45) is 0.189. The van der Waals surface area contributed by atoms with E-state index in [-0.39, 0.29) is 29.0 Å². The molecule has 7 heteroatoms. The number of carbonyl (C=O) groups is 1. The van der Waals surface area contributed by atoms with Gasteiger partial charge in [-0.3, -0.25) is 9.89 Å². The number of nitrogens with one attached hydrogen (secondary N) is 2. The average Bonchev–Trinajstić information content (AvgIpc) is 2.99. The first kappa shape index (κ1) is 12.7. The molecule has 0 saturated heterocycles. The second-order valence-electron chi connectivity index (χ2n) is 4.19. The molecule has 102 valence electrons. The van der Waals surface area contributed by atoms with E-state index in [0.717, 1.165) is 17.0 Å². The fraction of sp³-hybridized carbons (Fsp3) is 0.0769. The number of H-pyrrole nitrogens is 1. The largest absolute Gasteiger partial charge is 0.308 e. The van der Waals surface area contributed by atoms with E-state index in [1.807, 2.05) is 17.5 Å². The number of aromatic nitrogens is 2. The van der Waals surface area contributed by atoms with Gasteiger partial charge in [0.15, 0.2) is 5.82 Å². The first-order chi connectivity index (χ1) is 9.63. The van der Waals surface area contributed by atoms with Crippen LogP contribution in [0.2, 0.25) is 0 Å². The molecule has 2 heterocycles. The number of amides is 1. The Morgan fingerprint density at radius 1 is 1.40 bits per heavy atom. The van der Waals surface area contributed by atoms with Gasteiger partial charge in [0.25, 0.3) is 0 Å². The van der Waals surface area contributed by atoms with Gasteiger partial charge in [-0.15, -0.1) is 11.3 Å². The number of benzene rings is 1. The van der Waals surface area contributed by atoms with Crippen LogP contribution in [0.5, 0.6) is 0 Å². The first-order valence-electron chi connectivity index (χ1n) is 5.79. The Kier molecular flexibility index (Phi) is 3.19. The third-order valence-corrected chi connectivity index (χ3v) is 3.63. The van der Waals surface area contributed by atoms with Gasteiger partial charge in [-0.25, -0.2) is 8.78 Å². The summed E-state index contributed by atoms with van der Waals surface area (Å²) in [5.74, 6) is -1.70. The predicted molar refractivity (Wildman–Crippen MR) is 72.7 cm³/mol. The topological polar surface area (TPSA) is 57.8 Å². The van der Waals surface area contributed by atoms with Crippen LogP contribution >= 0.6 is 11.3 Å². The number of thiophene rings is 1. The normalized spacial score (nSPS) is 10.9. The highest BCUT2D eigenvalue weighted by Crippen LogP contribution is 2.25. The van der Waals surface area contributed by atoms with E-state index in [1.54, 1.807) is 0 Å². The summed E-state index contributed by atoms with van der Waals surface area (Å²) in [4.78, 5) is 12.7. The molecule has 0 radical (unpaired) electrons. The number of carbonyl (C=O) groups excluding carboxylic acids is 1. The van der Waals surface area contributed by atoms with Crippen LogP contribution in [0.25, 0.3) is 10.9 Å².